The first kappa shape index (κ1) is 19.3. The number of hydrogen-bond acceptors (Lipinski definition) is 6. The zero-order valence-electron chi connectivity index (χ0n) is 14.8. The van der Waals surface area contributed by atoms with Crippen molar-refractivity contribution in [2.24, 2.45) is 5.16 Å². The molecule has 0 saturated carbocycles. The van der Waals surface area contributed by atoms with E-state index < -0.39 is 11.7 Å². The zero-order valence-corrected chi connectivity index (χ0v) is 14.8. The van der Waals surface area contributed by atoms with Crippen LogP contribution in [-0.4, -0.2) is 26.3 Å². The number of aromatic nitrogens is 4. The van der Waals surface area contributed by atoms with Gasteiger partial charge in [0.25, 0.3) is 0 Å². The Morgan fingerprint density at radius 3 is 2.36 bits per heavy atom. The first-order valence-corrected chi connectivity index (χ1v) is 8.20. The average molecular weight is 391 g/mol. The molecule has 1 heterocycles. The summed E-state index contributed by atoms with van der Waals surface area (Å²) in [6.45, 7) is 2.03. The minimum Gasteiger partial charge on any atom is -0.485 e. The van der Waals surface area contributed by atoms with E-state index in [9.17, 15) is 13.2 Å². The van der Waals surface area contributed by atoms with E-state index in [2.05, 4.69) is 25.8 Å². The third kappa shape index (κ3) is 5.29. The summed E-state index contributed by atoms with van der Waals surface area (Å²) >= 11 is 0. The van der Waals surface area contributed by atoms with Gasteiger partial charge in [0, 0.05) is 0 Å². The van der Waals surface area contributed by atoms with Gasteiger partial charge in [0.1, 0.15) is 12.4 Å². The molecule has 3 rings (SSSR count). The Hall–Kier alpha value is -3.43. The van der Waals surface area contributed by atoms with Crippen LogP contribution in [0.1, 0.15) is 29.4 Å². The average Bonchev–Trinajstić information content (AvgIpc) is 3.20. The van der Waals surface area contributed by atoms with Gasteiger partial charge in [-0.15, -0.1) is 10.2 Å². The number of oxime groups is 1. The first-order chi connectivity index (χ1) is 13.4. The van der Waals surface area contributed by atoms with Crippen LogP contribution in [0.3, 0.4) is 0 Å². The molecule has 0 unspecified atom stereocenters. The summed E-state index contributed by atoms with van der Waals surface area (Å²) < 4.78 is 43.1. The first-order valence-electron chi connectivity index (χ1n) is 8.20. The number of H-pyrrole nitrogens is 1. The topological polar surface area (TPSA) is 85.3 Å². The van der Waals surface area contributed by atoms with Crippen molar-refractivity contribution in [3.8, 4) is 5.75 Å². The molecule has 2 aromatic carbocycles. The van der Waals surface area contributed by atoms with Crippen LogP contribution >= 0.6 is 0 Å². The van der Waals surface area contributed by atoms with E-state index in [4.69, 9.17) is 9.57 Å². The van der Waals surface area contributed by atoms with Crippen molar-refractivity contribution in [3.63, 3.8) is 0 Å². The number of rotatable bonds is 7. The number of nitrogens with one attached hydrogen (secondary N) is 1. The molecule has 0 bridgehead atoms. The predicted molar refractivity (Wildman–Crippen MR) is 93.4 cm³/mol. The van der Waals surface area contributed by atoms with Gasteiger partial charge >= 0.3 is 6.18 Å². The lowest BCUT2D eigenvalue weighted by Gasteiger charge is -2.08. The molecule has 0 fully saturated rings. The van der Waals surface area contributed by atoms with Crippen molar-refractivity contribution in [3.05, 3.63) is 71.0 Å². The fraction of sp³-hybridized carbons (Fsp3) is 0.222. The Kier molecular flexibility index (Phi) is 5.87. The summed E-state index contributed by atoms with van der Waals surface area (Å²) in [5, 5.41) is 17.4. The molecule has 28 heavy (non-hydrogen) atoms. The third-order valence-corrected chi connectivity index (χ3v) is 3.74. The van der Waals surface area contributed by atoms with Crippen molar-refractivity contribution in [1.29, 1.82) is 0 Å². The molecule has 0 spiro atoms. The highest BCUT2D eigenvalue weighted by Gasteiger charge is 2.29. The van der Waals surface area contributed by atoms with Crippen LogP contribution < -0.4 is 4.74 Å². The highest BCUT2D eigenvalue weighted by Crippen LogP contribution is 2.29. The fourth-order valence-electron chi connectivity index (χ4n) is 2.23. The monoisotopic (exact) mass is 391 g/mol. The minimum atomic E-state index is -4.35. The third-order valence-electron chi connectivity index (χ3n) is 3.74. The number of nitrogens with zero attached hydrogens (tertiary/aromatic N) is 4. The molecule has 0 amide bonds. The molecule has 1 N–H and O–H groups in total. The van der Waals surface area contributed by atoms with Crippen molar-refractivity contribution in [2.45, 2.75) is 26.3 Å². The lowest BCUT2D eigenvalue weighted by atomic mass is 10.1. The van der Waals surface area contributed by atoms with Gasteiger partial charge in [-0.1, -0.05) is 22.5 Å². The summed E-state index contributed by atoms with van der Waals surface area (Å²) in [4.78, 5) is 5.24. The Labute approximate surface area is 158 Å². The SMILES string of the molecule is C/C(=N/OCc1ccc(C(F)(F)F)cc1)c1ccc(OCc2nn[nH]n2)cc1. The molecule has 10 heteroatoms. The number of benzene rings is 2. The Morgan fingerprint density at radius 2 is 1.75 bits per heavy atom. The molecule has 146 valence electrons. The van der Waals surface area contributed by atoms with Gasteiger partial charge in [-0.3, -0.25) is 0 Å². The summed E-state index contributed by atoms with van der Waals surface area (Å²) in [5.74, 6) is 1.07. The molecule has 0 aliphatic carbocycles. The Balaban J connectivity index is 1.51. The van der Waals surface area contributed by atoms with Crippen LogP contribution in [0.15, 0.2) is 53.7 Å². The smallest absolute Gasteiger partial charge is 0.416 e. The van der Waals surface area contributed by atoms with Crippen LogP contribution in [0, 0.1) is 0 Å². The van der Waals surface area contributed by atoms with Gasteiger partial charge in [-0.05, 0) is 54.4 Å². The minimum absolute atomic E-state index is 0.0708. The van der Waals surface area contributed by atoms with Gasteiger partial charge in [-0.25, -0.2) is 0 Å². The van der Waals surface area contributed by atoms with Crippen molar-refractivity contribution in [1.82, 2.24) is 20.6 Å². The summed E-state index contributed by atoms with van der Waals surface area (Å²) in [7, 11) is 0. The second-order valence-electron chi connectivity index (χ2n) is 5.79. The van der Waals surface area contributed by atoms with Crippen molar-refractivity contribution < 1.29 is 22.7 Å². The molecule has 1 aromatic heterocycles. The van der Waals surface area contributed by atoms with Gasteiger partial charge in [0.15, 0.2) is 6.61 Å². The Bertz CT molecular complexity index is 908. The molecular formula is C18H16F3N5O2. The van der Waals surface area contributed by atoms with Gasteiger partial charge < -0.3 is 9.57 Å². The van der Waals surface area contributed by atoms with Crippen LogP contribution in [0.4, 0.5) is 13.2 Å². The second kappa shape index (κ2) is 8.51. The standard InChI is InChI=1S/C18H16F3N5O2/c1-12(24-28-10-13-2-6-15(7-3-13)18(19,20)21)14-4-8-16(9-5-14)27-11-17-22-25-26-23-17/h2-9H,10-11H2,1H3,(H,22,23,25,26)/b24-12-. The van der Waals surface area contributed by atoms with E-state index in [1.54, 1.807) is 19.1 Å². The van der Waals surface area contributed by atoms with E-state index in [1.165, 1.54) is 12.1 Å². The predicted octanol–water partition coefficient (Wildman–Crippen LogP) is 3.74. The Morgan fingerprint density at radius 1 is 1.04 bits per heavy atom. The van der Waals surface area contributed by atoms with Gasteiger partial charge in [0.05, 0.1) is 11.3 Å². The van der Waals surface area contributed by atoms with E-state index in [0.29, 0.717) is 22.8 Å². The number of halogens is 3. The van der Waals surface area contributed by atoms with E-state index in [-0.39, 0.29) is 13.2 Å². The summed E-state index contributed by atoms with van der Waals surface area (Å²) in [6.07, 6.45) is -4.35. The number of ether oxygens (including phenoxy) is 1. The zero-order chi connectivity index (χ0) is 20.0. The number of aromatic amines is 1. The van der Waals surface area contributed by atoms with Gasteiger partial charge in [0.2, 0.25) is 5.82 Å². The molecule has 0 saturated heterocycles. The second-order valence-corrected chi connectivity index (χ2v) is 5.79. The van der Waals surface area contributed by atoms with Gasteiger partial charge in [-0.2, -0.15) is 18.4 Å². The highest BCUT2D eigenvalue weighted by atomic mass is 19.4. The maximum absolute atomic E-state index is 12.5. The maximum atomic E-state index is 12.5. The van der Waals surface area contributed by atoms with Crippen LogP contribution in [-0.2, 0) is 24.2 Å². The summed E-state index contributed by atoms with van der Waals surface area (Å²) in [6, 6.07) is 11.9. The molecular weight excluding hydrogens is 375 g/mol. The van der Waals surface area contributed by atoms with E-state index in [0.717, 1.165) is 17.7 Å². The van der Waals surface area contributed by atoms with Crippen LogP contribution in [0.25, 0.3) is 0 Å². The van der Waals surface area contributed by atoms with Crippen molar-refractivity contribution in [2.75, 3.05) is 0 Å². The molecule has 0 atom stereocenters. The maximum Gasteiger partial charge on any atom is 0.416 e. The lowest BCUT2D eigenvalue weighted by molar-refractivity contribution is -0.137. The molecule has 7 nitrogen and oxygen atoms in total. The quantitative estimate of drug-likeness (QED) is 0.490. The highest BCUT2D eigenvalue weighted by molar-refractivity contribution is 5.98. The van der Waals surface area contributed by atoms with Crippen LogP contribution in [0.2, 0.25) is 0 Å². The fourth-order valence-corrected chi connectivity index (χ4v) is 2.23. The number of hydrogen-bond donors (Lipinski definition) is 1. The number of tetrazole rings is 1. The lowest BCUT2D eigenvalue weighted by Crippen LogP contribution is -2.04. The van der Waals surface area contributed by atoms with E-state index >= 15 is 0 Å². The molecule has 0 aliphatic heterocycles. The molecule has 0 radical (unpaired) electrons. The van der Waals surface area contributed by atoms with Crippen molar-refractivity contribution >= 4 is 5.71 Å². The van der Waals surface area contributed by atoms with E-state index in [1.807, 2.05) is 12.1 Å². The molecule has 3 aromatic rings. The largest absolute Gasteiger partial charge is 0.485 e. The number of alkyl halides is 3. The normalized spacial score (nSPS) is 12.1. The molecule has 0 aliphatic rings. The summed E-state index contributed by atoms with van der Waals surface area (Å²) in [5.41, 5.74) is 1.34. The van der Waals surface area contributed by atoms with Crippen LogP contribution in [0.5, 0.6) is 5.75 Å².